The van der Waals surface area contributed by atoms with Crippen LogP contribution in [0.25, 0.3) is 11.3 Å². The third-order valence-electron chi connectivity index (χ3n) is 5.90. The van der Waals surface area contributed by atoms with E-state index < -0.39 is 32.5 Å². The Bertz CT molecular complexity index is 1820. The summed E-state index contributed by atoms with van der Waals surface area (Å²) >= 11 is 0. The van der Waals surface area contributed by atoms with Crippen LogP contribution in [0.2, 0.25) is 0 Å². The largest absolute Gasteiger partial charge is 0.446 e. The molecule has 0 amide bonds. The number of nitrogens with zero attached hydrogens (tertiary/aromatic N) is 2. The van der Waals surface area contributed by atoms with E-state index in [0.717, 1.165) is 5.56 Å². The van der Waals surface area contributed by atoms with Gasteiger partial charge in [0.15, 0.2) is 5.82 Å². The molecular formula is C26H21N3O11S2. The van der Waals surface area contributed by atoms with Gasteiger partial charge in [-0.1, -0.05) is 42.5 Å². The Morgan fingerprint density at radius 2 is 1.40 bits per heavy atom. The van der Waals surface area contributed by atoms with Gasteiger partial charge in [-0.05, 0) is 47.5 Å². The molecule has 0 spiro atoms. The molecule has 0 radical (unpaired) electrons. The number of benzene rings is 3. The van der Waals surface area contributed by atoms with E-state index in [1.165, 1.54) is 54.7 Å². The third-order valence-corrected chi connectivity index (χ3v) is 6.70. The predicted octanol–water partition coefficient (Wildman–Crippen LogP) is 2.94. The average molecular weight is 616 g/mol. The predicted molar refractivity (Wildman–Crippen MR) is 145 cm³/mol. The number of carbonyl (C=O) groups excluding carboxylic acids is 1. The summed E-state index contributed by atoms with van der Waals surface area (Å²) in [4.78, 5) is 31.7. The lowest BCUT2D eigenvalue weighted by atomic mass is 10.0. The smallest absolute Gasteiger partial charge is 0.362 e. The normalized spacial score (nSPS) is 16.7. The van der Waals surface area contributed by atoms with Crippen molar-refractivity contribution < 1.29 is 48.9 Å². The molecule has 2 heterocycles. The van der Waals surface area contributed by atoms with Crippen LogP contribution in [0.3, 0.4) is 0 Å². The number of carbonyl (C=O) groups is 1. The van der Waals surface area contributed by atoms with E-state index in [1.54, 1.807) is 0 Å². The van der Waals surface area contributed by atoms with E-state index >= 15 is 0 Å². The zero-order chi connectivity index (χ0) is 30.0. The zero-order valence-corrected chi connectivity index (χ0v) is 22.9. The van der Waals surface area contributed by atoms with Crippen molar-refractivity contribution in [1.29, 1.82) is 0 Å². The molecule has 1 aliphatic rings. The first kappa shape index (κ1) is 28.9. The zero-order valence-electron chi connectivity index (χ0n) is 21.3. The molecule has 42 heavy (non-hydrogen) atoms. The maximum atomic E-state index is 12.6. The van der Waals surface area contributed by atoms with E-state index in [9.17, 15) is 21.6 Å². The van der Waals surface area contributed by atoms with Crippen molar-refractivity contribution in [2.75, 3.05) is 5.32 Å². The van der Waals surface area contributed by atoms with Crippen molar-refractivity contribution in [2.45, 2.75) is 18.6 Å². The van der Waals surface area contributed by atoms with Crippen molar-refractivity contribution in [3.63, 3.8) is 0 Å². The number of nitrogens with one attached hydrogen (secondary N) is 1. The van der Waals surface area contributed by atoms with Crippen LogP contribution in [-0.4, -0.2) is 47.6 Å². The van der Waals surface area contributed by atoms with E-state index in [-0.39, 0.29) is 23.7 Å². The summed E-state index contributed by atoms with van der Waals surface area (Å²) < 4.78 is 70.5. The van der Waals surface area contributed by atoms with Gasteiger partial charge in [-0.15, -0.1) is 4.89 Å². The fourth-order valence-corrected chi connectivity index (χ4v) is 4.75. The quantitative estimate of drug-likeness (QED) is 0.164. The summed E-state index contributed by atoms with van der Waals surface area (Å²) in [7, 11) is -9.38. The minimum atomic E-state index is -4.70. The second kappa shape index (κ2) is 11.3. The van der Waals surface area contributed by atoms with Gasteiger partial charge in [0, 0.05) is 18.4 Å². The van der Waals surface area contributed by atoms with Crippen LogP contribution < -0.4 is 13.7 Å². The Balaban J connectivity index is 1.44. The second-order valence-electron chi connectivity index (χ2n) is 8.99. The molecule has 1 aromatic heterocycles. The van der Waals surface area contributed by atoms with Gasteiger partial charge in [0.2, 0.25) is 0 Å². The number of aromatic nitrogens is 2. The van der Waals surface area contributed by atoms with Gasteiger partial charge in [0.1, 0.15) is 11.5 Å². The highest BCUT2D eigenvalue weighted by atomic mass is 32.3. The van der Waals surface area contributed by atoms with Gasteiger partial charge in [-0.3, -0.25) is 14.0 Å². The van der Waals surface area contributed by atoms with Crippen molar-refractivity contribution in [1.82, 2.24) is 9.97 Å². The highest BCUT2D eigenvalue weighted by molar-refractivity contribution is 7.81. The molecule has 0 bridgehead atoms. The molecule has 1 saturated heterocycles. The van der Waals surface area contributed by atoms with E-state index in [1.807, 2.05) is 30.3 Å². The number of rotatable bonds is 11. The molecule has 14 nitrogen and oxygen atoms in total. The molecule has 1 unspecified atom stereocenters. The minimum absolute atomic E-state index is 0.0541. The van der Waals surface area contributed by atoms with Crippen molar-refractivity contribution in [2.24, 2.45) is 0 Å². The average Bonchev–Trinajstić information content (AvgIpc) is 2.93. The topological polar surface area (TPSA) is 201 Å². The van der Waals surface area contributed by atoms with E-state index in [4.69, 9.17) is 19.0 Å². The van der Waals surface area contributed by atoms with Crippen LogP contribution >= 0.6 is 0 Å². The first-order valence-corrected chi connectivity index (χ1v) is 14.7. The van der Waals surface area contributed by atoms with Crippen LogP contribution in [0.4, 0.5) is 5.82 Å². The molecule has 218 valence electrons. The molecule has 1 aliphatic heterocycles. The lowest BCUT2D eigenvalue weighted by molar-refractivity contribution is -0.393. The molecule has 5 rings (SSSR count). The minimum Gasteiger partial charge on any atom is -0.362 e. The fourth-order valence-electron chi connectivity index (χ4n) is 4.04. The summed E-state index contributed by atoms with van der Waals surface area (Å²) in [6.45, 7) is 0. The lowest BCUT2D eigenvalue weighted by Crippen LogP contribution is -2.60. The van der Waals surface area contributed by atoms with Gasteiger partial charge >= 0.3 is 26.8 Å². The molecule has 3 N–H and O–H groups in total. The molecule has 4 aromatic rings. The van der Waals surface area contributed by atoms with Crippen molar-refractivity contribution >= 4 is 32.6 Å². The molecule has 1 atom stereocenters. The first-order chi connectivity index (χ1) is 19.9. The van der Waals surface area contributed by atoms with Gasteiger partial charge in [-0.25, -0.2) is 14.8 Å². The summed E-state index contributed by atoms with van der Waals surface area (Å²) in [5.41, 5.74) is 1.17. The number of hydrogen-bond donors (Lipinski definition) is 3. The highest BCUT2D eigenvalue weighted by Gasteiger charge is 2.54. The van der Waals surface area contributed by atoms with Crippen LogP contribution in [0, 0.1) is 0 Å². The van der Waals surface area contributed by atoms with Crippen LogP contribution in [0.5, 0.6) is 11.5 Å². The Hall–Kier alpha value is -4.61. The molecule has 16 heteroatoms. The monoisotopic (exact) mass is 615 g/mol. The summed E-state index contributed by atoms with van der Waals surface area (Å²) in [6, 6.07) is 20.7. The third kappa shape index (κ3) is 7.17. The first-order valence-electron chi connectivity index (χ1n) is 12.0. The van der Waals surface area contributed by atoms with Gasteiger partial charge in [-0.2, -0.15) is 16.8 Å². The molecule has 0 saturated carbocycles. The van der Waals surface area contributed by atoms with Crippen LogP contribution in [-0.2, 0) is 48.2 Å². The van der Waals surface area contributed by atoms with Crippen molar-refractivity contribution in [3.8, 4) is 22.8 Å². The van der Waals surface area contributed by atoms with Crippen LogP contribution in [0.15, 0.2) is 85.1 Å². The van der Waals surface area contributed by atoms with Gasteiger partial charge in [0.05, 0.1) is 17.6 Å². The SMILES string of the molecule is O=C1OOC1(Cc1ccc(OS(=O)(=O)O)cc1)Nc1ncc(-c2ccc(OS(=O)(=O)O)cc2)nc1Cc1ccccc1. The Labute approximate surface area is 239 Å². The Kier molecular flexibility index (Phi) is 7.81. The summed E-state index contributed by atoms with van der Waals surface area (Å²) in [5.74, 6) is -0.745. The lowest BCUT2D eigenvalue weighted by Gasteiger charge is -2.37. The maximum absolute atomic E-state index is 12.6. The van der Waals surface area contributed by atoms with E-state index in [2.05, 4.69) is 23.6 Å². The molecular weight excluding hydrogens is 594 g/mol. The fraction of sp³-hybridized carbons (Fsp3) is 0.115. The van der Waals surface area contributed by atoms with E-state index in [0.29, 0.717) is 28.9 Å². The van der Waals surface area contributed by atoms with Crippen molar-refractivity contribution in [3.05, 3.63) is 102 Å². The molecule has 0 aliphatic carbocycles. The van der Waals surface area contributed by atoms with Gasteiger partial charge in [0.25, 0.3) is 5.72 Å². The highest BCUT2D eigenvalue weighted by Crippen LogP contribution is 2.33. The Morgan fingerprint density at radius 3 is 1.93 bits per heavy atom. The summed E-state index contributed by atoms with van der Waals surface area (Å²) in [6.07, 6.45) is 1.69. The second-order valence-corrected chi connectivity index (χ2v) is 11.0. The standard InChI is InChI=1S/C26H21N3O11S2/c30-25-26(40-37-25,15-18-6-10-20(11-7-18)38-41(31,32)33)29-24-22(14-17-4-2-1-3-5-17)28-23(16-27-24)19-8-12-21(13-9-19)39-42(34,35)36/h1-13,16H,14-15H2,(H,27,29)(H,31,32,33)(H,34,35,36). The maximum Gasteiger partial charge on any atom is 0.446 e. The van der Waals surface area contributed by atoms with Crippen LogP contribution in [0.1, 0.15) is 16.8 Å². The van der Waals surface area contributed by atoms with Gasteiger partial charge < -0.3 is 13.7 Å². The Morgan fingerprint density at radius 1 is 0.810 bits per heavy atom. The number of hydrogen-bond acceptors (Lipinski definition) is 12. The summed E-state index contributed by atoms with van der Waals surface area (Å²) in [5, 5.41) is 2.99. The molecule has 1 fully saturated rings. The number of anilines is 1. The molecule has 3 aromatic carbocycles.